The first kappa shape index (κ1) is 22.2. The summed E-state index contributed by atoms with van der Waals surface area (Å²) in [5.41, 5.74) is 1.51. The molecular formula is C24H33ClN4O2. The molecule has 2 saturated heterocycles. The minimum absolute atomic E-state index is 0.0146. The molecule has 0 bridgehead atoms. The van der Waals surface area contributed by atoms with Gasteiger partial charge in [0.15, 0.2) is 0 Å². The fraction of sp³-hybridized carbons (Fsp3) is 0.583. The molecule has 1 aromatic carbocycles. The zero-order valence-corrected chi connectivity index (χ0v) is 19.1. The Balaban J connectivity index is 1.22. The number of carbonyl (C=O) groups excluding carboxylic acids is 2. The van der Waals surface area contributed by atoms with Crippen LogP contribution < -0.4 is 5.32 Å². The van der Waals surface area contributed by atoms with Gasteiger partial charge in [-0.15, -0.1) is 0 Å². The summed E-state index contributed by atoms with van der Waals surface area (Å²) >= 11 is 6.05. The number of fused-ring (bicyclic) bond motifs is 1. The van der Waals surface area contributed by atoms with Crippen LogP contribution >= 0.6 is 11.6 Å². The van der Waals surface area contributed by atoms with Crippen LogP contribution in [0.1, 0.15) is 49.5 Å². The highest BCUT2D eigenvalue weighted by Gasteiger charge is 2.30. The zero-order valence-electron chi connectivity index (χ0n) is 18.3. The Bertz CT molecular complexity index is 913. The van der Waals surface area contributed by atoms with E-state index in [0.29, 0.717) is 29.7 Å². The lowest BCUT2D eigenvalue weighted by molar-refractivity contribution is -0.126. The van der Waals surface area contributed by atoms with Crippen LogP contribution in [0.5, 0.6) is 0 Å². The van der Waals surface area contributed by atoms with Crippen LogP contribution in [0.2, 0.25) is 5.02 Å². The van der Waals surface area contributed by atoms with Gasteiger partial charge < -0.3 is 20.1 Å². The van der Waals surface area contributed by atoms with Crippen LogP contribution in [0.4, 0.5) is 0 Å². The average Bonchev–Trinajstić information content (AvgIpc) is 3.45. The van der Waals surface area contributed by atoms with Crippen molar-refractivity contribution in [3.63, 3.8) is 0 Å². The average molecular weight is 445 g/mol. The lowest BCUT2D eigenvalue weighted by atomic mass is 9.84. The van der Waals surface area contributed by atoms with Gasteiger partial charge in [-0.2, -0.15) is 0 Å². The first-order valence-corrected chi connectivity index (χ1v) is 12.0. The van der Waals surface area contributed by atoms with Crippen molar-refractivity contribution >= 4 is 34.3 Å². The second kappa shape index (κ2) is 10.0. The van der Waals surface area contributed by atoms with E-state index in [-0.39, 0.29) is 17.7 Å². The summed E-state index contributed by atoms with van der Waals surface area (Å²) in [7, 11) is 0. The van der Waals surface area contributed by atoms with Crippen molar-refractivity contribution in [2.45, 2.75) is 39.0 Å². The van der Waals surface area contributed by atoms with E-state index < -0.39 is 0 Å². The predicted molar refractivity (Wildman–Crippen MR) is 124 cm³/mol. The number of rotatable bonds is 7. The maximum Gasteiger partial charge on any atom is 0.270 e. The van der Waals surface area contributed by atoms with Crippen molar-refractivity contribution in [1.29, 1.82) is 0 Å². The summed E-state index contributed by atoms with van der Waals surface area (Å²) in [6, 6.07) is 7.45. The molecule has 0 spiro atoms. The van der Waals surface area contributed by atoms with Gasteiger partial charge in [0, 0.05) is 41.5 Å². The third kappa shape index (κ3) is 5.42. The first-order valence-electron chi connectivity index (χ1n) is 11.6. The number of halogens is 1. The molecule has 0 unspecified atom stereocenters. The van der Waals surface area contributed by atoms with Gasteiger partial charge in [0.25, 0.3) is 5.91 Å². The van der Waals surface area contributed by atoms with E-state index in [9.17, 15) is 9.59 Å². The molecule has 2 amide bonds. The van der Waals surface area contributed by atoms with Gasteiger partial charge in [0.1, 0.15) is 5.69 Å². The molecule has 7 heteroatoms. The Morgan fingerprint density at radius 2 is 1.90 bits per heavy atom. The van der Waals surface area contributed by atoms with Crippen LogP contribution in [-0.4, -0.2) is 65.9 Å². The highest BCUT2D eigenvalue weighted by Crippen LogP contribution is 2.27. The quantitative estimate of drug-likeness (QED) is 0.636. The SMILES string of the molecule is C[C@H](C(=O)NCCCN1CCCC1)C1CCN(C(=O)c2cc3cc(Cl)ccc3[nH]2)CC1. The van der Waals surface area contributed by atoms with Gasteiger partial charge in [-0.25, -0.2) is 0 Å². The van der Waals surface area contributed by atoms with E-state index in [2.05, 4.69) is 15.2 Å². The maximum absolute atomic E-state index is 12.9. The molecule has 2 aromatic rings. The third-order valence-electron chi connectivity index (χ3n) is 6.91. The van der Waals surface area contributed by atoms with Crippen molar-refractivity contribution in [2.75, 3.05) is 39.3 Å². The Morgan fingerprint density at radius 1 is 1.16 bits per heavy atom. The topological polar surface area (TPSA) is 68.4 Å². The fourth-order valence-electron chi connectivity index (χ4n) is 4.89. The van der Waals surface area contributed by atoms with E-state index in [1.165, 1.54) is 25.9 Å². The van der Waals surface area contributed by atoms with Crippen LogP contribution in [-0.2, 0) is 4.79 Å². The van der Waals surface area contributed by atoms with Crippen molar-refractivity contribution in [3.8, 4) is 0 Å². The molecule has 2 N–H and O–H groups in total. The molecule has 31 heavy (non-hydrogen) atoms. The molecule has 2 aliphatic rings. The highest BCUT2D eigenvalue weighted by atomic mass is 35.5. The Labute approximate surface area is 189 Å². The van der Waals surface area contributed by atoms with E-state index in [1.54, 1.807) is 0 Å². The van der Waals surface area contributed by atoms with E-state index >= 15 is 0 Å². The summed E-state index contributed by atoms with van der Waals surface area (Å²) in [4.78, 5) is 33.1. The van der Waals surface area contributed by atoms with Gasteiger partial charge in [-0.1, -0.05) is 18.5 Å². The molecule has 168 valence electrons. The van der Waals surface area contributed by atoms with E-state index in [1.807, 2.05) is 36.1 Å². The first-order chi connectivity index (χ1) is 15.0. The number of benzene rings is 1. The molecule has 0 aliphatic carbocycles. The number of aromatic amines is 1. The van der Waals surface area contributed by atoms with Gasteiger partial charge in [-0.05, 0) is 81.9 Å². The van der Waals surface area contributed by atoms with Crippen molar-refractivity contribution in [3.05, 3.63) is 35.0 Å². The minimum Gasteiger partial charge on any atom is -0.356 e. The number of likely N-dealkylation sites (tertiary alicyclic amines) is 2. The minimum atomic E-state index is -0.0146. The number of aromatic nitrogens is 1. The molecule has 0 saturated carbocycles. The molecule has 6 nitrogen and oxygen atoms in total. The number of amides is 2. The molecule has 2 aliphatic heterocycles. The molecule has 0 radical (unpaired) electrons. The molecule has 3 heterocycles. The Kier molecular flexibility index (Phi) is 7.18. The van der Waals surface area contributed by atoms with E-state index in [4.69, 9.17) is 11.6 Å². The number of nitrogens with zero attached hydrogens (tertiary/aromatic N) is 2. The largest absolute Gasteiger partial charge is 0.356 e. The Hall–Kier alpha value is -2.05. The van der Waals surface area contributed by atoms with Crippen LogP contribution in [0.3, 0.4) is 0 Å². The smallest absolute Gasteiger partial charge is 0.270 e. The number of piperidine rings is 1. The summed E-state index contributed by atoms with van der Waals surface area (Å²) in [6.45, 7) is 7.64. The number of hydrogen-bond donors (Lipinski definition) is 2. The van der Waals surface area contributed by atoms with Gasteiger partial charge in [0.2, 0.25) is 5.91 Å². The number of carbonyl (C=O) groups is 2. The second-order valence-corrected chi connectivity index (χ2v) is 9.46. The number of H-pyrrole nitrogens is 1. The fourth-order valence-corrected chi connectivity index (χ4v) is 5.07. The monoisotopic (exact) mass is 444 g/mol. The van der Waals surface area contributed by atoms with Crippen molar-refractivity contribution < 1.29 is 9.59 Å². The zero-order chi connectivity index (χ0) is 21.8. The molecule has 4 rings (SSSR count). The molecule has 1 atom stereocenters. The number of hydrogen-bond acceptors (Lipinski definition) is 3. The summed E-state index contributed by atoms with van der Waals surface area (Å²) in [5, 5.41) is 4.73. The maximum atomic E-state index is 12.9. The lowest BCUT2D eigenvalue weighted by Gasteiger charge is -2.34. The van der Waals surface area contributed by atoms with Gasteiger partial charge in [-0.3, -0.25) is 9.59 Å². The third-order valence-corrected chi connectivity index (χ3v) is 7.14. The molecule has 1 aromatic heterocycles. The normalized spacial score (nSPS) is 19.1. The van der Waals surface area contributed by atoms with Gasteiger partial charge in [0.05, 0.1) is 0 Å². The molecule has 2 fully saturated rings. The van der Waals surface area contributed by atoms with E-state index in [0.717, 1.165) is 43.3 Å². The summed E-state index contributed by atoms with van der Waals surface area (Å²) < 4.78 is 0. The van der Waals surface area contributed by atoms with Crippen LogP contribution in [0.15, 0.2) is 24.3 Å². The van der Waals surface area contributed by atoms with Crippen molar-refractivity contribution in [2.24, 2.45) is 11.8 Å². The molecular weight excluding hydrogens is 412 g/mol. The van der Waals surface area contributed by atoms with Crippen molar-refractivity contribution in [1.82, 2.24) is 20.1 Å². The van der Waals surface area contributed by atoms with Gasteiger partial charge >= 0.3 is 0 Å². The standard InChI is InChI=1S/C24H33ClN4O2/c1-17(23(30)26-9-4-12-28-10-2-3-11-28)18-7-13-29(14-8-18)24(31)22-16-19-15-20(25)5-6-21(19)27-22/h5-6,15-18,27H,2-4,7-14H2,1H3,(H,26,30)/t17-/m0/s1. The second-order valence-electron chi connectivity index (χ2n) is 9.03. The summed E-state index contributed by atoms with van der Waals surface area (Å²) in [5.74, 6) is 0.479. The number of nitrogens with one attached hydrogen (secondary N) is 2. The Morgan fingerprint density at radius 3 is 2.65 bits per heavy atom. The summed E-state index contributed by atoms with van der Waals surface area (Å²) in [6.07, 6.45) is 5.35. The predicted octanol–water partition coefficient (Wildman–Crippen LogP) is 3.91. The highest BCUT2D eigenvalue weighted by molar-refractivity contribution is 6.31. The lowest BCUT2D eigenvalue weighted by Crippen LogP contribution is -2.43. The van der Waals surface area contributed by atoms with Crippen LogP contribution in [0, 0.1) is 11.8 Å². The van der Waals surface area contributed by atoms with Crippen LogP contribution in [0.25, 0.3) is 10.9 Å².